The molecule has 1 amide bonds. The Kier molecular flexibility index (Phi) is 7.00. The molecule has 150 valence electrons. The fourth-order valence-electron chi connectivity index (χ4n) is 2.64. The van der Waals surface area contributed by atoms with E-state index in [2.05, 4.69) is 10.4 Å². The number of nitrogens with zero attached hydrogens (tertiary/aromatic N) is 2. The zero-order valence-corrected chi connectivity index (χ0v) is 16.2. The molecule has 0 saturated heterocycles. The number of aryl methyl sites for hydroxylation is 1. The zero-order valence-electron chi connectivity index (χ0n) is 16.2. The van der Waals surface area contributed by atoms with Gasteiger partial charge in [0, 0.05) is 24.5 Å². The standard InChI is InChI=1S/C22H23N3O4/c1-17-5-2-6-20(15-17)28-14-3-7-22(27)29-19-10-8-18(9-11-19)24-21(26)16-25-13-4-12-23-25/h2,4-6,8-13,15H,3,7,14,16H2,1H3,(H,24,26). The molecule has 0 radical (unpaired) electrons. The first-order valence-electron chi connectivity index (χ1n) is 9.36. The van der Waals surface area contributed by atoms with Crippen molar-refractivity contribution in [2.75, 3.05) is 11.9 Å². The van der Waals surface area contributed by atoms with Gasteiger partial charge < -0.3 is 14.8 Å². The van der Waals surface area contributed by atoms with Crippen LogP contribution in [-0.2, 0) is 16.1 Å². The van der Waals surface area contributed by atoms with E-state index in [4.69, 9.17) is 9.47 Å². The summed E-state index contributed by atoms with van der Waals surface area (Å²) in [6.07, 6.45) is 4.15. The third-order valence-corrected chi connectivity index (χ3v) is 4.02. The Balaban J connectivity index is 1.37. The molecule has 1 heterocycles. The van der Waals surface area contributed by atoms with Crippen molar-refractivity contribution in [3.8, 4) is 11.5 Å². The molecule has 0 spiro atoms. The van der Waals surface area contributed by atoms with E-state index in [1.54, 1.807) is 42.7 Å². The second kappa shape index (κ2) is 10.1. The predicted molar refractivity (Wildman–Crippen MR) is 109 cm³/mol. The SMILES string of the molecule is Cc1cccc(OCCCC(=O)Oc2ccc(NC(=O)Cn3cccn3)cc2)c1. The van der Waals surface area contributed by atoms with E-state index in [-0.39, 0.29) is 24.8 Å². The Bertz CT molecular complexity index is 937. The van der Waals surface area contributed by atoms with Gasteiger partial charge in [0.05, 0.1) is 6.61 Å². The molecule has 0 fully saturated rings. The molecule has 7 heteroatoms. The summed E-state index contributed by atoms with van der Waals surface area (Å²) in [7, 11) is 0. The lowest BCUT2D eigenvalue weighted by Gasteiger charge is -2.08. The van der Waals surface area contributed by atoms with Crippen molar-refractivity contribution in [3.63, 3.8) is 0 Å². The van der Waals surface area contributed by atoms with Crippen molar-refractivity contribution in [1.82, 2.24) is 9.78 Å². The average molecular weight is 393 g/mol. The quantitative estimate of drug-likeness (QED) is 0.341. The Morgan fingerprint density at radius 3 is 2.62 bits per heavy atom. The monoisotopic (exact) mass is 393 g/mol. The summed E-state index contributed by atoms with van der Waals surface area (Å²) in [5, 5.41) is 6.75. The summed E-state index contributed by atoms with van der Waals surface area (Å²) in [6, 6.07) is 16.2. The second-order valence-corrected chi connectivity index (χ2v) is 6.52. The minimum Gasteiger partial charge on any atom is -0.494 e. The smallest absolute Gasteiger partial charge is 0.311 e. The molecule has 1 N–H and O–H groups in total. The maximum Gasteiger partial charge on any atom is 0.311 e. The number of anilines is 1. The van der Waals surface area contributed by atoms with E-state index in [0.717, 1.165) is 11.3 Å². The molecule has 29 heavy (non-hydrogen) atoms. The third kappa shape index (κ3) is 6.80. The molecule has 2 aromatic carbocycles. The highest BCUT2D eigenvalue weighted by Crippen LogP contribution is 2.17. The van der Waals surface area contributed by atoms with Crippen molar-refractivity contribution in [2.24, 2.45) is 0 Å². The van der Waals surface area contributed by atoms with E-state index in [1.807, 2.05) is 31.2 Å². The average Bonchev–Trinajstić information content (AvgIpc) is 3.20. The van der Waals surface area contributed by atoms with Crippen molar-refractivity contribution >= 4 is 17.6 Å². The van der Waals surface area contributed by atoms with Gasteiger partial charge in [0.2, 0.25) is 5.91 Å². The molecule has 0 unspecified atom stereocenters. The van der Waals surface area contributed by atoms with E-state index in [0.29, 0.717) is 24.5 Å². The van der Waals surface area contributed by atoms with Crippen LogP contribution in [0, 0.1) is 6.92 Å². The van der Waals surface area contributed by atoms with Crippen LogP contribution < -0.4 is 14.8 Å². The van der Waals surface area contributed by atoms with Gasteiger partial charge in [-0.15, -0.1) is 0 Å². The second-order valence-electron chi connectivity index (χ2n) is 6.52. The van der Waals surface area contributed by atoms with Crippen molar-refractivity contribution in [3.05, 3.63) is 72.6 Å². The molecule has 0 aliphatic heterocycles. The molecule has 0 aliphatic rings. The van der Waals surface area contributed by atoms with E-state index in [1.165, 1.54) is 4.68 Å². The van der Waals surface area contributed by atoms with Crippen molar-refractivity contribution in [1.29, 1.82) is 0 Å². The summed E-state index contributed by atoms with van der Waals surface area (Å²) >= 11 is 0. The topological polar surface area (TPSA) is 82.5 Å². The molecule has 0 bridgehead atoms. The van der Waals surface area contributed by atoms with Gasteiger partial charge in [0.25, 0.3) is 0 Å². The molecule has 3 aromatic rings. The Morgan fingerprint density at radius 2 is 1.90 bits per heavy atom. The van der Waals surface area contributed by atoms with Crippen LogP contribution in [0.2, 0.25) is 0 Å². The summed E-state index contributed by atoms with van der Waals surface area (Å²) in [5.74, 6) is 0.712. The lowest BCUT2D eigenvalue weighted by molar-refractivity contribution is -0.134. The van der Waals surface area contributed by atoms with Gasteiger partial charge in [-0.2, -0.15) is 5.10 Å². The highest BCUT2D eigenvalue weighted by molar-refractivity contribution is 5.90. The molecule has 3 rings (SSSR count). The van der Waals surface area contributed by atoms with E-state index in [9.17, 15) is 9.59 Å². The van der Waals surface area contributed by atoms with Crippen LogP contribution in [0.3, 0.4) is 0 Å². The van der Waals surface area contributed by atoms with Crippen molar-refractivity contribution in [2.45, 2.75) is 26.3 Å². The predicted octanol–water partition coefficient (Wildman–Crippen LogP) is 3.59. The number of rotatable bonds is 9. The number of carbonyl (C=O) groups excluding carboxylic acids is 2. The van der Waals surface area contributed by atoms with Crippen molar-refractivity contribution < 1.29 is 19.1 Å². The number of nitrogens with one attached hydrogen (secondary N) is 1. The molecule has 0 saturated carbocycles. The molecule has 0 atom stereocenters. The number of ether oxygens (including phenoxy) is 2. The van der Waals surface area contributed by atoms with Gasteiger partial charge in [0.1, 0.15) is 18.0 Å². The number of esters is 1. The Labute approximate surface area is 169 Å². The normalized spacial score (nSPS) is 10.4. The van der Waals surface area contributed by atoms with Gasteiger partial charge in [-0.1, -0.05) is 12.1 Å². The summed E-state index contributed by atoms with van der Waals surface area (Å²) in [4.78, 5) is 23.9. The maximum atomic E-state index is 12.0. The first kappa shape index (κ1) is 20.1. The first-order valence-corrected chi connectivity index (χ1v) is 9.36. The largest absolute Gasteiger partial charge is 0.494 e. The first-order chi connectivity index (χ1) is 14.1. The molecular weight excluding hydrogens is 370 g/mol. The number of carbonyl (C=O) groups is 2. The number of hydrogen-bond acceptors (Lipinski definition) is 5. The van der Waals surface area contributed by atoms with Crippen LogP contribution in [0.25, 0.3) is 0 Å². The minimum absolute atomic E-state index is 0.133. The molecule has 7 nitrogen and oxygen atoms in total. The highest BCUT2D eigenvalue weighted by Gasteiger charge is 2.07. The Morgan fingerprint density at radius 1 is 1.07 bits per heavy atom. The fourth-order valence-corrected chi connectivity index (χ4v) is 2.64. The summed E-state index contributed by atoms with van der Waals surface area (Å²) in [5.41, 5.74) is 1.75. The summed E-state index contributed by atoms with van der Waals surface area (Å²) < 4.78 is 12.5. The number of hydrogen-bond donors (Lipinski definition) is 1. The van der Waals surface area contributed by atoms with Crippen LogP contribution in [-0.4, -0.2) is 28.3 Å². The summed E-state index contributed by atoms with van der Waals surface area (Å²) in [6.45, 7) is 2.58. The van der Waals surface area contributed by atoms with Gasteiger partial charge in [-0.05, 0) is 61.4 Å². The van der Waals surface area contributed by atoms with Crippen LogP contribution in [0.15, 0.2) is 67.0 Å². The number of aromatic nitrogens is 2. The van der Waals surface area contributed by atoms with Crippen LogP contribution in [0.4, 0.5) is 5.69 Å². The molecule has 1 aromatic heterocycles. The lowest BCUT2D eigenvalue weighted by atomic mass is 10.2. The fraction of sp³-hybridized carbons (Fsp3) is 0.227. The number of amides is 1. The van der Waals surface area contributed by atoms with Crippen LogP contribution >= 0.6 is 0 Å². The zero-order chi connectivity index (χ0) is 20.5. The lowest BCUT2D eigenvalue weighted by Crippen LogP contribution is -2.18. The molecular formula is C22H23N3O4. The van der Waals surface area contributed by atoms with Gasteiger partial charge >= 0.3 is 5.97 Å². The number of benzene rings is 2. The third-order valence-electron chi connectivity index (χ3n) is 4.02. The molecule has 0 aliphatic carbocycles. The Hall–Kier alpha value is -3.61. The highest BCUT2D eigenvalue weighted by atomic mass is 16.5. The van der Waals surface area contributed by atoms with Gasteiger partial charge in [-0.3, -0.25) is 14.3 Å². The van der Waals surface area contributed by atoms with Crippen LogP contribution in [0.1, 0.15) is 18.4 Å². The van der Waals surface area contributed by atoms with Gasteiger partial charge in [0.15, 0.2) is 0 Å². The maximum absolute atomic E-state index is 12.0. The van der Waals surface area contributed by atoms with Gasteiger partial charge in [-0.25, -0.2) is 0 Å². The van der Waals surface area contributed by atoms with E-state index < -0.39 is 0 Å². The van der Waals surface area contributed by atoms with Crippen LogP contribution in [0.5, 0.6) is 11.5 Å². The van der Waals surface area contributed by atoms with E-state index >= 15 is 0 Å². The minimum atomic E-state index is -0.326.